The number of hydrogen-bond acceptors (Lipinski definition) is 5. The van der Waals surface area contributed by atoms with Crippen LogP contribution >= 0.6 is 11.3 Å². The van der Waals surface area contributed by atoms with Crippen molar-refractivity contribution < 1.29 is 18.8 Å². The van der Waals surface area contributed by atoms with Crippen molar-refractivity contribution in [1.82, 2.24) is 15.2 Å². The number of carbonyl (C=O) groups excluding carboxylic acids is 3. The highest BCUT2D eigenvalue weighted by Gasteiger charge is 2.49. The van der Waals surface area contributed by atoms with Crippen molar-refractivity contribution in [1.29, 1.82) is 0 Å². The molecule has 1 saturated heterocycles. The van der Waals surface area contributed by atoms with Crippen LogP contribution in [0.15, 0.2) is 29.6 Å². The maximum absolute atomic E-state index is 13.2. The first-order valence-corrected chi connectivity index (χ1v) is 9.55. The van der Waals surface area contributed by atoms with E-state index in [9.17, 15) is 18.8 Å². The van der Waals surface area contributed by atoms with Gasteiger partial charge in [-0.05, 0) is 24.6 Å². The number of imide groups is 1. The van der Waals surface area contributed by atoms with Crippen molar-refractivity contribution in [3.63, 3.8) is 0 Å². The lowest BCUT2D eigenvalue weighted by Gasteiger charge is -2.22. The maximum Gasteiger partial charge on any atom is 0.325 e. The topological polar surface area (TPSA) is 91.4 Å². The molecule has 7 nitrogen and oxygen atoms in total. The number of urea groups is 1. The molecule has 2 heterocycles. The van der Waals surface area contributed by atoms with E-state index in [-0.39, 0.29) is 5.41 Å². The van der Waals surface area contributed by atoms with Crippen LogP contribution in [-0.2, 0) is 20.5 Å². The fourth-order valence-electron chi connectivity index (χ4n) is 2.80. The largest absolute Gasteiger partial charge is 0.325 e. The highest BCUT2D eigenvalue weighted by Crippen LogP contribution is 2.29. The van der Waals surface area contributed by atoms with Crippen LogP contribution in [-0.4, -0.2) is 34.3 Å². The molecule has 4 amide bonds. The molecule has 3 rings (SSSR count). The highest BCUT2D eigenvalue weighted by molar-refractivity contribution is 7.13. The molecule has 1 aliphatic rings. The summed E-state index contributed by atoms with van der Waals surface area (Å²) < 4.78 is 13.2. The number of hydrogen-bond donors (Lipinski definition) is 2. The number of anilines is 1. The molecule has 0 spiro atoms. The molecule has 1 fully saturated rings. The standard InChI is InChI=1S/C19H21FN4O3S/c1-18(2,3)13-10-28-16(21-13)22-14(25)9-24-15(26)19(4,23-17(24)27)11-5-7-12(20)8-6-11/h5-8,10H,9H2,1-4H3,(H,23,27)(H,21,22,25)/t19-/m0/s1. The van der Waals surface area contributed by atoms with Crippen LogP contribution in [0.5, 0.6) is 0 Å². The summed E-state index contributed by atoms with van der Waals surface area (Å²) in [4.78, 5) is 42.6. The first kappa shape index (κ1) is 19.9. The summed E-state index contributed by atoms with van der Waals surface area (Å²) >= 11 is 1.28. The van der Waals surface area contributed by atoms with Gasteiger partial charge in [-0.15, -0.1) is 11.3 Å². The Morgan fingerprint density at radius 2 is 1.93 bits per heavy atom. The van der Waals surface area contributed by atoms with Gasteiger partial charge in [0.2, 0.25) is 5.91 Å². The van der Waals surface area contributed by atoms with Crippen LogP contribution < -0.4 is 10.6 Å². The van der Waals surface area contributed by atoms with Gasteiger partial charge >= 0.3 is 6.03 Å². The Morgan fingerprint density at radius 3 is 2.50 bits per heavy atom. The number of halogens is 1. The van der Waals surface area contributed by atoms with Crippen molar-refractivity contribution in [2.24, 2.45) is 0 Å². The lowest BCUT2D eigenvalue weighted by atomic mass is 9.92. The molecule has 0 aliphatic carbocycles. The van der Waals surface area contributed by atoms with Gasteiger partial charge in [-0.25, -0.2) is 14.2 Å². The van der Waals surface area contributed by atoms with Gasteiger partial charge in [-0.2, -0.15) is 0 Å². The van der Waals surface area contributed by atoms with Crippen molar-refractivity contribution in [2.45, 2.75) is 38.6 Å². The van der Waals surface area contributed by atoms with Crippen molar-refractivity contribution in [2.75, 3.05) is 11.9 Å². The molecule has 1 aliphatic heterocycles. The number of thiazole rings is 1. The number of nitrogens with one attached hydrogen (secondary N) is 2. The van der Waals surface area contributed by atoms with Crippen LogP contribution in [0, 0.1) is 5.82 Å². The maximum atomic E-state index is 13.2. The van der Waals surface area contributed by atoms with E-state index in [1.807, 2.05) is 26.2 Å². The van der Waals surface area contributed by atoms with E-state index in [0.717, 1.165) is 10.6 Å². The number of carbonyl (C=O) groups is 3. The molecule has 148 valence electrons. The van der Waals surface area contributed by atoms with Crippen LogP contribution in [0.2, 0.25) is 0 Å². The van der Waals surface area contributed by atoms with Gasteiger partial charge in [0.25, 0.3) is 5.91 Å². The SMILES string of the molecule is CC(C)(C)c1csc(NC(=O)CN2C(=O)N[C@@](C)(c3ccc(F)cc3)C2=O)n1. The van der Waals surface area contributed by atoms with E-state index >= 15 is 0 Å². The monoisotopic (exact) mass is 404 g/mol. The van der Waals surface area contributed by atoms with Gasteiger partial charge in [-0.1, -0.05) is 32.9 Å². The minimum atomic E-state index is -1.36. The second kappa shape index (κ2) is 6.97. The smallest absolute Gasteiger partial charge is 0.319 e. The number of rotatable bonds is 4. The second-order valence-corrected chi connectivity index (χ2v) is 8.65. The summed E-state index contributed by atoms with van der Waals surface area (Å²) in [6.45, 7) is 7.12. The fraction of sp³-hybridized carbons (Fsp3) is 0.368. The summed E-state index contributed by atoms with van der Waals surface area (Å²) in [6, 6.07) is 4.61. The number of aromatic nitrogens is 1. The van der Waals surface area contributed by atoms with E-state index < -0.39 is 35.7 Å². The van der Waals surface area contributed by atoms with Crippen LogP contribution in [0.4, 0.5) is 14.3 Å². The molecule has 0 bridgehead atoms. The van der Waals surface area contributed by atoms with Gasteiger partial charge in [0.05, 0.1) is 5.69 Å². The zero-order chi connectivity index (χ0) is 20.7. The summed E-state index contributed by atoms with van der Waals surface area (Å²) in [5.74, 6) is -1.55. The van der Waals surface area contributed by atoms with E-state index in [4.69, 9.17) is 0 Å². The van der Waals surface area contributed by atoms with Crippen molar-refractivity contribution in [3.8, 4) is 0 Å². The van der Waals surface area contributed by atoms with Gasteiger partial charge in [-0.3, -0.25) is 14.5 Å². The molecule has 28 heavy (non-hydrogen) atoms. The number of amides is 4. The minimum absolute atomic E-state index is 0.152. The normalized spacial score (nSPS) is 19.7. The van der Waals surface area contributed by atoms with Gasteiger partial charge in [0.15, 0.2) is 5.13 Å². The molecular formula is C19H21FN4O3S. The summed E-state index contributed by atoms with van der Waals surface area (Å²) in [7, 11) is 0. The lowest BCUT2D eigenvalue weighted by Crippen LogP contribution is -2.42. The Balaban J connectivity index is 1.71. The molecule has 1 aromatic heterocycles. The fourth-order valence-corrected chi connectivity index (χ4v) is 3.75. The van der Waals surface area contributed by atoms with Crippen LogP contribution in [0.3, 0.4) is 0 Å². The first-order valence-electron chi connectivity index (χ1n) is 8.67. The van der Waals surface area contributed by atoms with E-state index in [2.05, 4.69) is 15.6 Å². The van der Waals surface area contributed by atoms with E-state index in [1.165, 1.54) is 42.5 Å². The average molecular weight is 404 g/mol. The summed E-state index contributed by atoms with van der Waals surface area (Å²) in [5.41, 5.74) is -0.232. The molecular weight excluding hydrogens is 383 g/mol. The summed E-state index contributed by atoms with van der Waals surface area (Å²) in [5, 5.41) is 7.46. The third-order valence-electron chi connectivity index (χ3n) is 4.52. The number of benzene rings is 1. The van der Waals surface area contributed by atoms with Crippen LogP contribution in [0.1, 0.15) is 39.0 Å². The zero-order valence-electron chi connectivity index (χ0n) is 16.0. The van der Waals surface area contributed by atoms with Crippen LogP contribution in [0.25, 0.3) is 0 Å². The third kappa shape index (κ3) is 3.75. The minimum Gasteiger partial charge on any atom is -0.319 e. The lowest BCUT2D eigenvalue weighted by molar-refractivity contribution is -0.133. The van der Waals surface area contributed by atoms with Crippen molar-refractivity contribution >= 4 is 34.3 Å². The third-order valence-corrected chi connectivity index (χ3v) is 5.27. The average Bonchev–Trinajstić information content (AvgIpc) is 3.15. The molecule has 2 N–H and O–H groups in total. The second-order valence-electron chi connectivity index (χ2n) is 7.79. The molecule has 0 radical (unpaired) electrons. The first-order chi connectivity index (χ1) is 13.0. The quantitative estimate of drug-likeness (QED) is 0.767. The highest BCUT2D eigenvalue weighted by atomic mass is 32.1. The van der Waals surface area contributed by atoms with Gasteiger partial charge in [0, 0.05) is 10.8 Å². The van der Waals surface area contributed by atoms with E-state index in [0.29, 0.717) is 10.7 Å². The number of nitrogens with zero attached hydrogens (tertiary/aromatic N) is 2. The molecule has 0 unspecified atom stereocenters. The summed E-state index contributed by atoms with van der Waals surface area (Å²) in [6.07, 6.45) is 0. The molecule has 0 saturated carbocycles. The molecule has 1 atom stereocenters. The van der Waals surface area contributed by atoms with E-state index in [1.54, 1.807) is 0 Å². The van der Waals surface area contributed by atoms with Crippen molar-refractivity contribution in [3.05, 3.63) is 46.7 Å². The Labute approximate surface area is 166 Å². The van der Waals surface area contributed by atoms with Gasteiger partial charge in [0.1, 0.15) is 17.9 Å². The Bertz CT molecular complexity index is 935. The molecule has 9 heteroatoms. The molecule has 1 aromatic carbocycles. The Hall–Kier alpha value is -2.81. The predicted octanol–water partition coefficient (Wildman–Crippen LogP) is 2.99. The van der Waals surface area contributed by atoms with Gasteiger partial charge < -0.3 is 10.6 Å². The molecule has 2 aromatic rings. The Kier molecular flexibility index (Phi) is 4.97. The Morgan fingerprint density at radius 1 is 1.29 bits per heavy atom. The predicted molar refractivity (Wildman–Crippen MR) is 103 cm³/mol. The zero-order valence-corrected chi connectivity index (χ0v) is 16.8.